The fourth-order valence-electron chi connectivity index (χ4n) is 4.26. The predicted octanol–water partition coefficient (Wildman–Crippen LogP) is 4.72. The van der Waals surface area contributed by atoms with Gasteiger partial charge in [0.2, 0.25) is 5.91 Å². The first-order chi connectivity index (χ1) is 15.5. The summed E-state index contributed by atoms with van der Waals surface area (Å²) in [4.78, 5) is 18.3. The van der Waals surface area contributed by atoms with E-state index in [2.05, 4.69) is 11.5 Å². The Hall–Kier alpha value is -3.11. The van der Waals surface area contributed by atoms with Gasteiger partial charge >= 0.3 is 0 Å². The number of nitrogens with two attached hydrogens (primary N) is 1. The number of hydrogen-bond acceptors (Lipinski definition) is 3. The van der Waals surface area contributed by atoms with Crippen LogP contribution in [-0.4, -0.2) is 48.4 Å². The fraction of sp³-hybridized carbons (Fsp3) is 0.321. The molecule has 1 fully saturated rings. The number of carbonyl (C=O) groups is 1. The topological polar surface area (TPSA) is 49.6 Å². The van der Waals surface area contributed by atoms with Crippen molar-refractivity contribution >= 4 is 5.91 Å². The van der Waals surface area contributed by atoms with Crippen molar-refractivity contribution in [3.05, 3.63) is 108 Å². The molecule has 1 heterocycles. The van der Waals surface area contributed by atoms with Gasteiger partial charge in [-0.3, -0.25) is 4.79 Å². The Morgan fingerprint density at radius 2 is 1.59 bits per heavy atom. The second kappa shape index (κ2) is 11.5. The van der Waals surface area contributed by atoms with Gasteiger partial charge in [-0.15, -0.1) is 0 Å². The lowest BCUT2D eigenvalue weighted by Crippen LogP contribution is -2.46. The molecule has 0 saturated carbocycles. The lowest BCUT2D eigenvalue weighted by Gasteiger charge is -2.34. The van der Waals surface area contributed by atoms with Crippen LogP contribution in [0.15, 0.2) is 96.7 Å². The molecule has 4 heteroatoms. The highest BCUT2D eigenvalue weighted by Gasteiger charge is 2.31. The molecule has 1 aliphatic heterocycles. The number of likely N-dealkylation sites (N-methyl/N-ethyl adjacent to an activating group) is 1. The van der Waals surface area contributed by atoms with Crippen LogP contribution in [0.1, 0.15) is 36.8 Å². The first kappa shape index (κ1) is 23.6. The lowest BCUT2D eigenvalue weighted by molar-refractivity contribution is -0.132. The molecule has 32 heavy (non-hydrogen) atoms. The third kappa shape index (κ3) is 6.21. The van der Waals surface area contributed by atoms with E-state index in [1.165, 1.54) is 12.8 Å². The van der Waals surface area contributed by atoms with Crippen molar-refractivity contribution in [2.45, 2.75) is 31.7 Å². The van der Waals surface area contributed by atoms with E-state index in [9.17, 15) is 4.79 Å². The van der Waals surface area contributed by atoms with Crippen molar-refractivity contribution in [3.63, 3.8) is 0 Å². The van der Waals surface area contributed by atoms with Crippen molar-refractivity contribution < 1.29 is 4.79 Å². The highest BCUT2D eigenvalue weighted by Crippen LogP contribution is 2.28. The lowest BCUT2D eigenvalue weighted by atomic mass is 9.89. The minimum atomic E-state index is -0.355. The van der Waals surface area contributed by atoms with E-state index in [0.29, 0.717) is 0 Å². The van der Waals surface area contributed by atoms with Gasteiger partial charge in [-0.2, -0.15) is 0 Å². The maximum Gasteiger partial charge on any atom is 0.234 e. The molecule has 0 radical (unpaired) electrons. The van der Waals surface area contributed by atoms with Gasteiger partial charge in [-0.25, -0.2) is 0 Å². The summed E-state index contributed by atoms with van der Waals surface area (Å²) in [5.74, 6) is -0.280. The Kier molecular flexibility index (Phi) is 8.46. The summed E-state index contributed by atoms with van der Waals surface area (Å²) in [5.41, 5.74) is 9.41. The zero-order valence-corrected chi connectivity index (χ0v) is 19.3. The van der Waals surface area contributed by atoms with Crippen LogP contribution in [0.4, 0.5) is 0 Å². The second-order valence-electron chi connectivity index (χ2n) is 8.57. The molecule has 2 aromatic rings. The average Bonchev–Trinajstić information content (AvgIpc) is 3.31. The third-order valence-electron chi connectivity index (χ3n) is 6.06. The van der Waals surface area contributed by atoms with Crippen molar-refractivity contribution in [3.8, 4) is 0 Å². The number of nitrogens with zero attached hydrogens (tertiary/aromatic N) is 2. The van der Waals surface area contributed by atoms with Gasteiger partial charge in [0.05, 0.1) is 12.0 Å². The number of hydrogen-bond donors (Lipinski definition) is 1. The van der Waals surface area contributed by atoms with Crippen molar-refractivity contribution in [2.75, 3.05) is 26.7 Å². The fourth-order valence-corrected chi connectivity index (χ4v) is 4.26. The first-order valence-corrected chi connectivity index (χ1v) is 11.4. The van der Waals surface area contributed by atoms with Crippen LogP contribution in [0.5, 0.6) is 0 Å². The largest absolute Gasteiger partial charge is 0.402 e. The number of rotatable bonds is 9. The van der Waals surface area contributed by atoms with Gasteiger partial charge in [0, 0.05) is 19.3 Å². The second-order valence-corrected chi connectivity index (χ2v) is 8.57. The van der Waals surface area contributed by atoms with Crippen LogP contribution < -0.4 is 5.73 Å². The number of amides is 1. The van der Waals surface area contributed by atoms with Crippen LogP contribution >= 0.6 is 0 Å². The van der Waals surface area contributed by atoms with E-state index in [1.54, 1.807) is 0 Å². The smallest absolute Gasteiger partial charge is 0.234 e. The summed E-state index contributed by atoms with van der Waals surface area (Å²) >= 11 is 0. The number of likely N-dealkylation sites (tertiary alicyclic amines) is 1. The third-order valence-corrected chi connectivity index (χ3v) is 6.06. The van der Waals surface area contributed by atoms with Crippen molar-refractivity contribution in [2.24, 2.45) is 5.73 Å². The van der Waals surface area contributed by atoms with E-state index in [1.807, 2.05) is 97.8 Å². The summed E-state index contributed by atoms with van der Waals surface area (Å²) in [6.07, 6.45) is 8.16. The summed E-state index contributed by atoms with van der Waals surface area (Å²) < 4.78 is 0. The molecule has 1 amide bonds. The molecule has 0 unspecified atom stereocenters. The zero-order chi connectivity index (χ0) is 22.9. The number of allylic oxidation sites excluding steroid dienone is 3. The molecule has 0 aromatic heterocycles. The summed E-state index contributed by atoms with van der Waals surface area (Å²) in [5, 5.41) is 0. The maximum absolute atomic E-state index is 14.0. The molecular formula is C28H35N3O. The van der Waals surface area contributed by atoms with E-state index in [0.717, 1.165) is 42.0 Å². The molecule has 2 N–H and O–H groups in total. The molecule has 0 aliphatic carbocycles. The SMILES string of the molecule is C=C(/C=C\C=C(/C)N)[C@@H](CN1CCCC1)N(C)C(=O)C(c1ccccc1)c1ccccc1. The van der Waals surface area contributed by atoms with E-state index in [-0.39, 0.29) is 17.9 Å². The maximum atomic E-state index is 14.0. The van der Waals surface area contributed by atoms with Gasteiger partial charge in [0.25, 0.3) is 0 Å². The molecular weight excluding hydrogens is 394 g/mol. The zero-order valence-electron chi connectivity index (χ0n) is 19.3. The molecule has 1 aliphatic rings. The molecule has 1 atom stereocenters. The summed E-state index contributed by atoms with van der Waals surface area (Å²) in [6, 6.07) is 19.9. The Balaban J connectivity index is 1.91. The van der Waals surface area contributed by atoms with E-state index < -0.39 is 0 Å². The van der Waals surface area contributed by atoms with Crippen molar-refractivity contribution in [1.82, 2.24) is 9.80 Å². The van der Waals surface area contributed by atoms with Crippen LogP contribution in [-0.2, 0) is 4.79 Å². The Morgan fingerprint density at radius 1 is 1.06 bits per heavy atom. The van der Waals surface area contributed by atoms with Gasteiger partial charge in [-0.05, 0) is 55.6 Å². The molecule has 0 spiro atoms. The van der Waals surface area contributed by atoms with E-state index in [4.69, 9.17) is 5.73 Å². The van der Waals surface area contributed by atoms with Crippen LogP contribution in [0, 0.1) is 0 Å². The number of carbonyl (C=O) groups excluding carboxylic acids is 1. The molecule has 0 bridgehead atoms. The highest BCUT2D eigenvalue weighted by molar-refractivity contribution is 5.87. The van der Waals surface area contributed by atoms with Crippen LogP contribution in [0.25, 0.3) is 0 Å². The van der Waals surface area contributed by atoms with Crippen molar-refractivity contribution in [1.29, 1.82) is 0 Å². The highest BCUT2D eigenvalue weighted by atomic mass is 16.2. The molecule has 168 valence electrons. The Labute approximate surface area is 192 Å². The molecule has 4 nitrogen and oxygen atoms in total. The minimum Gasteiger partial charge on any atom is -0.402 e. The van der Waals surface area contributed by atoms with Crippen LogP contribution in [0.2, 0.25) is 0 Å². The predicted molar refractivity (Wildman–Crippen MR) is 133 cm³/mol. The Morgan fingerprint density at radius 3 is 2.09 bits per heavy atom. The summed E-state index contributed by atoms with van der Waals surface area (Å²) in [6.45, 7) is 9.10. The monoisotopic (exact) mass is 429 g/mol. The molecule has 2 aromatic carbocycles. The summed E-state index contributed by atoms with van der Waals surface area (Å²) in [7, 11) is 1.91. The standard InChI is InChI=1S/C28H35N3O/c1-22(13-12-14-23(2)29)26(21-31-19-10-11-20-31)30(3)28(32)27(24-15-6-4-7-16-24)25-17-8-5-9-18-25/h4-9,12-18,26-27H,1,10-11,19-21,29H2,2-3H3/b13-12-,23-14+/t26-/m1/s1. The van der Waals surface area contributed by atoms with Crippen LogP contribution in [0.3, 0.4) is 0 Å². The van der Waals surface area contributed by atoms with Gasteiger partial charge in [0.1, 0.15) is 0 Å². The quantitative estimate of drug-likeness (QED) is 0.587. The average molecular weight is 430 g/mol. The number of benzene rings is 2. The first-order valence-electron chi connectivity index (χ1n) is 11.4. The van der Waals surface area contributed by atoms with Gasteiger partial charge < -0.3 is 15.5 Å². The van der Waals surface area contributed by atoms with E-state index >= 15 is 0 Å². The molecule has 3 rings (SSSR count). The minimum absolute atomic E-state index is 0.0756. The molecule has 1 saturated heterocycles. The van der Waals surface area contributed by atoms with Gasteiger partial charge in [0.15, 0.2) is 0 Å². The normalized spacial score (nSPS) is 15.9. The Bertz CT molecular complexity index is 900. The van der Waals surface area contributed by atoms with Gasteiger partial charge in [-0.1, -0.05) is 79.4 Å².